The first-order valence-corrected chi connectivity index (χ1v) is 9.15. The zero-order valence-electron chi connectivity index (χ0n) is 15.3. The van der Waals surface area contributed by atoms with Gasteiger partial charge in [0.15, 0.2) is 0 Å². The standard InChI is InChI=1S/C21H22N4O2/c1-16-22-23-20(27-16)15-24-11-13-25(14-12-24)21(26)19-9-7-18(8-10-19)17-5-3-2-4-6-17/h2-10H,11-15H2,1H3. The molecular weight excluding hydrogens is 340 g/mol. The number of carbonyl (C=O) groups excluding carboxylic acids is 1. The molecule has 27 heavy (non-hydrogen) atoms. The topological polar surface area (TPSA) is 62.5 Å². The Kier molecular flexibility index (Phi) is 4.98. The highest BCUT2D eigenvalue weighted by atomic mass is 16.4. The minimum absolute atomic E-state index is 0.0860. The summed E-state index contributed by atoms with van der Waals surface area (Å²) in [6.45, 7) is 5.42. The maximum Gasteiger partial charge on any atom is 0.253 e. The molecule has 0 bridgehead atoms. The molecule has 0 atom stereocenters. The van der Waals surface area contributed by atoms with Gasteiger partial charge in [-0.05, 0) is 23.3 Å². The third-order valence-electron chi connectivity index (χ3n) is 4.83. The summed E-state index contributed by atoms with van der Waals surface area (Å²) >= 11 is 0. The van der Waals surface area contributed by atoms with Crippen LogP contribution in [0.3, 0.4) is 0 Å². The summed E-state index contributed by atoms with van der Waals surface area (Å²) in [5.41, 5.74) is 3.00. The van der Waals surface area contributed by atoms with E-state index >= 15 is 0 Å². The van der Waals surface area contributed by atoms with Gasteiger partial charge in [-0.3, -0.25) is 9.69 Å². The third-order valence-corrected chi connectivity index (χ3v) is 4.83. The fourth-order valence-electron chi connectivity index (χ4n) is 3.32. The van der Waals surface area contributed by atoms with E-state index in [0.717, 1.165) is 29.8 Å². The van der Waals surface area contributed by atoms with E-state index in [2.05, 4.69) is 27.2 Å². The predicted octanol–water partition coefficient (Wildman–Crippen LogP) is 3.00. The van der Waals surface area contributed by atoms with Crippen molar-refractivity contribution in [3.63, 3.8) is 0 Å². The van der Waals surface area contributed by atoms with Crippen LogP contribution >= 0.6 is 0 Å². The van der Waals surface area contributed by atoms with E-state index in [1.54, 1.807) is 6.92 Å². The molecule has 2 heterocycles. The third kappa shape index (κ3) is 4.06. The van der Waals surface area contributed by atoms with Crippen LogP contribution in [0.1, 0.15) is 22.1 Å². The molecule has 0 radical (unpaired) electrons. The summed E-state index contributed by atoms with van der Waals surface area (Å²) < 4.78 is 5.43. The van der Waals surface area contributed by atoms with Crippen LogP contribution in [0.5, 0.6) is 0 Å². The van der Waals surface area contributed by atoms with Crippen LogP contribution in [0.4, 0.5) is 0 Å². The van der Waals surface area contributed by atoms with Crippen molar-refractivity contribution >= 4 is 5.91 Å². The van der Waals surface area contributed by atoms with E-state index in [1.165, 1.54) is 0 Å². The first-order valence-electron chi connectivity index (χ1n) is 9.15. The lowest BCUT2D eigenvalue weighted by molar-refractivity contribution is 0.0618. The number of piperazine rings is 1. The number of hydrogen-bond acceptors (Lipinski definition) is 5. The Bertz CT molecular complexity index is 897. The summed E-state index contributed by atoms with van der Waals surface area (Å²) in [5.74, 6) is 1.30. The van der Waals surface area contributed by atoms with Crippen LogP contribution in [0.25, 0.3) is 11.1 Å². The van der Waals surface area contributed by atoms with E-state index < -0.39 is 0 Å². The molecule has 0 saturated carbocycles. The average Bonchev–Trinajstić information content (AvgIpc) is 3.13. The lowest BCUT2D eigenvalue weighted by Crippen LogP contribution is -2.48. The largest absolute Gasteiger partial charge is 0.424 e. The molecule has 1 aliphatic rings. The molecular formula is C21H22N4O2. The fraction of sp³-hybridized carbons (Fsp3) is 0.286. The van der Waals surface area contributed by atoms with Crippen LogP contribution < -0.4 is 0 Å². The first-order chi connectivity index (χ1) is 13.2. The zero-order chi connectivity index (χ0) is 18.6. The van der Waals surface area contributed by atoms with Crippen LogP contribution in [0.2, 0.25) is 0 Å². The van der Waals surface area contributed by atoms with E-state index in [1.807, 2.05) is 47.4 Å². The molecule has 3 aromatic rings. The highest BCUT2D eigenvalue weighted by molar-refractivity contribution is 5.94. The Balaban J connectivity index is 1.35. The lowest BCUT2D eigenvalue weighted by atomic mass is 10.0. The van der Waals surface area contributed by atoms with Gasteiger partial charge < -0.3 is 9.32 Å². The summed E-state index contributed by atoms with van der Waals surface area (Å²) in [7, 11) is 0. The van der Waals surface area contributed by atoms with Crippen molar-refractivity contribution in [2.75, 3.05) is 26.2 Å². The van der Waals surface area contributed by atoms with Crippen LogP contribution in [-0.4, -0.2) is 52.1 Å². The van der Waals surface area contributed by atoms with Crippen LogP contribution in [0, 0.1) is 6.92 Å². The number of amides is 1. The van der Waals surface area contributed by atoms with Crippen molar-refractivity contribution < 1.29 is 9.21 Å². The zero-order valence-corrected chi connectivity index (χ0v) is 15.3. The first kappa shape index (κ1) is 17.4. The maximum atomic E-state index is 12.8. The molecule has 138 valence electrons. The van der Waals surface area contributed by atoms with Crippen molar-refractivity contribution in [1.82, 2.24) is 20.0 Å². The predicted molar refractivity (Wildman–Crippen MR) is 102 cm³/mol. The molecule has 1 aromatic heterocycles. The number of nitrogens with zero attached hydrogens (tertiary/aromatic N) is 4. The molecule has 0 N–H and O–H groups in total. The molecule has 2 aromatic carbocycles. The lowest BCUT2D eigenvalue weighted by Gasteiger charge is -2.34. The Morgan fingerprint density at radius 2 is 1.59 bits per heavy atom. The maximum absolute atomic E-state index is 12.8. The molecule has 6 nitrogen and oxygen atoms in total. The van der Waals surface area contributed by atoms with Gasteiger partial charge in [0, 0.05) is 38.7 Å². The van der Waals surface area contributed by atoms with Gasteiger partial charge in [0.2, 0.25) is 11.8 Å². The van der Waals surface area contributed by atoms with Crippen molar-refractivity contribution in [3.05, 3.63) is 71.9 Å². The molecule has 1 aliphatic heterocycles. The van der Waals surface area contributed by atoms with Gasteiger partial charge in [0.25, 0.3) is 5.91 Å². The van der Waals surface area contributed by atoms with Gasteiger partial charge in [-0.2, -0.15) is 0 Å². The number of aromatic nitrogens is 2. The highest BCUT2D eigenvalue weighted by Crippen LogP contribution is 2.20. The molecule has 1 fully saturated rings. The normalized spacial score (nSPS) is 15.1. The Hall–Kier alpha value is -2.99. The molecule has 1 amide bonds. The molecule has 0 unspecified atom stereocenters. The Morgan fingerprint density at radius 1 is 0.926 bits per heavy atom. The van der Waals surface area contributed by atoms with Crippen molar-refractivity contribution in [2.45, 2.75) is 13.5 Å². The van der Waals surface area contributed by atoms with Crippen molar-refractivity contribution in [2.24, 2.45) is 0 Å². The second-order valence-corrected chi connectivity index (χ2v) is 6.73. The quantitative estimate of drug-likeness (QED) is 0.714. The van der Waals surface area contributed by atoms with E-state index in [-0.39, 0.29) is 5.91 Å². The smallest absolute Gasteiger partial charge is 0.253 e. The van der Waals surface area contributed by atoms with Gasteiger partial charge >= 0.3 is 0 Å². The van der Waals surface area contributed by atoms with Gasteiger partial charge in [0.1, 0.15) is 0 Å². The van der Waals surface area contributed by atoms with E-state index in [0.29, 0.717) is 31.4 Å². The van der Waals surface area contributed by atoms with Gasteiger partial charge in [-0.15, -0.1) is 10.2 Å². The molecule has 1 saturated heterocycles. The van der Waals surface area contributed by atoms with E-state index in [4.69, 9.17) is 4.42 Å². The number of rotatable bonds is 4. The number of hydrogen-bond donors (Lipinski definition) is 0. The van der Waals surface area contributed by atoms with Crippen LogP contribution in [0.15, 0.2) is 59.0 Å². The second-order valence-electron chi connectivity index (χ2n) is 6.73. The summed E-state index contributed by atoms with van der Waals surface area (Å²) in [6, 6.07) is 18.0. The minimum Gasteiger partial charge on any atom is -0.424 e. The molecule has 0 spiro atoms. The van der Waals surface area contributed by atoms with Gasteiger partial charge in [-0.25, -0.2) is 0 Å². The summed E-state index contributed by atoms with van der Waals surface area (Å²) in [5, 5.41) is 7.89. The molecule has 4 rings (SSSR count). The Morgan fingerprint density at radius 3 is 2.22 bits per heavy atom. The summed E-state index contributed by atoms with van der Waals surface area (Å²) in [6.07, 6.45) is 0. The molecule has 6 heteroatoms. The minimum atomic E-state index is 0.0860. The average molecular weight is 362 g/mol. The SMILES string of the molecule is Cc1nnc(CN2CCN(C(=O)c3ccc(-c4ccccc4)cc3)CC2)o1. The summed E-state index contributed by atoms with van der Waals surface area (Å²) in [4.78, 5) is 16.9. The Labute approximate surface area is 158 Å². The van der Waals surface area contributed by atoms with Crippen molar-refractivity contribution in [3.8, 4) is 11.1 Å². The number of carbonyl (C=O) groups is 1. The van der Waals surface area contributed by atoms with E-state index in [9.17, 15) is 4.79 Å². The van der Waals surface area contributed by atoms with Gasteiger partial charge in [-0.1, -0.05) is 42.5 Å². The fourth-order valence-corrected chi connectivity index (χ4v) is 3.32. The van der Waals surface area contributed by atoms with Crippen molar-refractivity contribution in [1.29, 1.82) is 0 Å². The monoisotopic (exact) mass is 362 g/mol. The number of benzene rings is 2. The number of aryl methyl sites for hydroxylation is 1. The molecule has 0 aliphatic carbocycles. The highest BCUT2D eigenvalue weighted by Gasteiger charge is 2.23. The van der Waals surface area contributed by atoms with Crippen LogP contribution in [-0.2, 0) is 6.54 Å². The second kappa shape index (κ2) is 7.72. The van der Waals surface area contributed by atoms with Gasteiger partial charge in [0.05, 0.1) is 6.54 Å².